The molecule has 4 nitrogen and oxygen atoms in total. The number of aromatic hydroxyl groups is 1. The van der Waals surface area contributed by atoms with Crippen molar-refractivity contribution in [3.63, 3.8) is 0 Å². The van der Waals surface area contributed by atoms with Crippen molar-refractivity contribution in [1.29, 1.82) is 0 Å². The van der Waals surface area contributed by atoms with Crippen LogP contribution in [0.1, 0.15) is 18.1 Å². The Bertz CT molecular complexity index is 656. The van der Waals surface area contributed by atoms with Gasteiger partial charge in [-0.05, 0) is 23.6 Å². The molecule has 0 saturated carbocycles. The van der Waals surface area contributed by atoms with Gasteiger partial charge < -0.3 is 14.4 Å². The first kappa shape index (κ1) is 13.9. The van der Waals surface area contributed by atoms with Gasteiger partial charge >= 0.3 is 0 Å². The fourth-order valence-corrected chi connectivity index (χ4v) is 2.04. The molecule has 0 amide bonds. The summed E-state index contributed by atoms with van der Waals surface area (Å²) in [5.41, 5.74) is 3.52. The number of rotatable bonds is 5. The van der Waals surface area contributed by atoms with Crippen molar-refractivity contribution < 1.29 is 14.4 Å². The SMILES string of the molecule is C=CC(=C)c1conc1-c1cc(CC)c(OC)cc1O. The van der Waals surface area contributed by atoms with E-state index in [9.17, 15) is 5.11 Å². The van der Waals surface area contributed by atoms with Crippen molar-refractivity contribution in [3.05, 3.63) is 48.8 Å². The molecule has 0 aliphatic heterocycles. The van der Waals surface area contributed by atoms with Gasteiger partial charge in [-0.2, -0.15) is 0 Å². The van der Waals surface area contributed by atoms with Gasteiger partial charge in [0.1, 0.15) is 23.5 Å². The van der Waals surface area contributed by atoms with E-state index < -0.39 is 0 Å². The van der Waals surface area contributed by atoms with Crippen molar-refractivity contribution >= 4 is 5.57 Å². The number of ether oxygens (including phenoxy) is 1. The van der Waals surface area contributed by atoms with Gasteiger partial charge in [0, 0.05) is 17.2 Å². The van der Waals surface area contributed by atoms with Gasteiger partial charge in [0.15, 0.2) is 0 Å². The Kier molecular flexibility index (Phi) is 3.94. The van der Waals surface area contributed by atoms with Crippen LogP contribution < -0.4 is 4.74 Å². The molecule has 2 aromatic rings. The van der Waals surface area contributed by atoms with E-state index in [1.165, 1.54) is 6.26 Å². The number of hydrogen-bond donors (Lipinski definition) is 1. The van der Waals surface area contributed by atoms with Gasteiger partial charge in [0.05, 0.1) is 7.11 Å². The zero-order chi connectivity index (χ0) is 14.7. The standard InChI is InChI=1S/C16H17NO3/c1-5-10(3)13-9-20-17-16(13)12-7-11(6-2)15(19-4)8-14(12)18/h5,7-9,18H,1,3,6H2,2,4H3. The zero-order valence-electron chi connectivity index (χ0n) is 11.6. The Balaban J connectivity index is 2.61. The van der Waals surface area contributed by atoms with Gasteiger partial charge in [-0.3, -0.25) is 0 Å². The predicted octanol–water partition coefficient (Wildman–Crippen LogP) is 3.82. The average Bonchev–Trinajstić information content (AvgIpc) is 2.95. The Morgan fingerprint density at radius 1 is 1.50 bits per heavy atom. The van der Waals surface area contributed by atoms with Crippen LogP contribution in [0, 0.1) is 0 Å². The molecule has 4 heteroatoms. The molecule has 104 valence electrons. The number of hydrogen-bond acceptors (Lipinski definition) is 4. The van der Waals surface area contributed by atoms with Crippen LogP contribution in [0.3, 0.4) is 0 Å². The van der Waals surface area contributed by atoms with Crippen LogP contribution in [0.4, 0.5) is 0 Å². The third kappa shape index (κ3) is 2.32. The monoisotopic (exact) mass is 271 g/mol. The van der Waals surface area contributed by atoms with Crippen LogP contribution in [-0.4, -0.2) is 17.4 Å². The molecule has 0 spiro atoms. The second-order valence-electron chi connectivity index (χ2n) is 4.34. The van der Waals surface area contributed by atoms with E-state index in [-0.39, 0.29) is 5.75 Å². The van der Waals surface area contributed by atoms with Crippen molar-refractivity contribution in [1.82, 2.24) is 5.16 Å². The van der Waals surface area contributed by atoms with E-state index in [1.807, 2.05) is 13.0 Å². The van der Waals surface area contributed by atoms with Gasteiger partial charge in [-0.25, -0.2) is 0 Å². The third-order valence-corrected chi connectivity index (χ3v) is 3.20. The molecule has 0 radical (unpaired) electrons. The van der Waals surface area contributed by atoms with Crippen molar-refractivity contribution in [2.45, 2.75) is 13.3 Å². The molecule has 0 aliphatic carbocycles. The van der Waals surface area contributed by atoms with E-state index >= 15 is 0 Å². The minimum Gasteiger partial charge on any atom is -0.507 e. The summed E-state index contributed by atoms with van der Waals surface area (Å²) in [4.78, 5) is 0. The van der Waals surface area contributed by atoms with E-state index in [0.717, 1.165) is 12.0 Å². The van der Waals surface area contributed by atoms with Crippen molar-refractivity contribution in [3.8, 4) is 22.8 Å². The summed E-state index contributed by atoms with van der Waals surface area (Å²) in [6.07, 6.45) is 3.90. The normalized spacial score (nSPS) is 10.3. The molecule has 1 aromatic heterocycles. The lowest BCUT2D eigenvalue weighted by Gasteiger charge is -2.11. The van der Waals surface area contributed by atoms with E-state index in [2.05, 4.69) is 18.3 Å². The number of phenolic OH excluding ortho intramolecular Hbond substituents is 1. The van der Waals surface area contributed by atoms with E-state index in [0.29, 0.717) is 28.1 Å². The van der Waals surface area contributed by atoms with E-state index in [4.69, 9.17) is 9.26 Å². The third-order valence-electron chi connectivity index (χ3n) is 3.20. The molecular formula is C16H17NO3. The fourth-order valence-electron chi connectivity index (χ4n) is 2.04. The molecule has 0 saturated heterocycles. The molecule has 0 aliphatic rings. The lowest BCUT2D eigenvalue weighted by molar-refractivity contribution is 0.403. The fraction of sp³-hybridized carbons (Fsp3) is 0.188. The number of aryl methyl sites for hydroxylation is 1. The molecule has 2 rings (SSSR count). The van der Waals surface area contributed by atoms with Crippen LogP contribution >= 0.6 is 0 Å². The molecular weight excluding hydrogens is 254 g/mol. The second-order valence-corrected chi connectivity index (χ2v) is 4.34. The Morgan fingerprint density at radius 2 is 2.25 bits per heavy atom. The highest BCUT2D eigenvalue weighted by Gasteiger charge is 2.17. The van der Waals surface area contributed by atoms with E-state index in [1.54, 1.807) is 19.3 Å². The summed E-state index contributed by atoms with van der Waals surface area (Å²) in [5.74, 6) is 0.743. The quantitative estimate of drug-likeness (QED) is 0.840. The minimum absolute atomic E-state index is 0.0889. The number of nitrogens with zero attached hydrogens (tertiary/aromatic N) is 1. The van der Waals surface area contributed by atoms with Crippen LogP contribution in [0.25, 0.3) is 16.8 Å². The first-order valence-electron chi connectivity index (χ1n) is 6.28. The van der Waals surface area contributed by atoms with Crippen LogP contribution in [-0.2, 0) is 6.42 Å². The Hall–Kier alpha value is -2.49. The molecule has 0 atom stereocenters. The van der Waals surface area contributed by atoms with Crippen LogP contribution in [0.5, 0.6) is 11.5 Å². The van der Waals surface area contributed by atoms with Gasteiger partial charge in [0.25, 0.3) is 0 Å². The maximum atomic E-state index is 10.2. The number of allylic oxidation sites excluding steroid dienone is 2. The summed E-state index contributed by atoms with van der Waals surface area (Å²) in [6, 6.07) is 3.44. The molecule has 1 heterocycles. The molecule has 0 unspecified atom stereocenters. The number of aromatic nitrogens is 1. The maximum Gasteiger partial charge on any atom is 0.132 e. The summed E-state index contributed by atoms with van der Waals surface area (Å²) in [7, 11) is 1.58. The highest BCUT2D eigenvalue weighted by Crippen LogP contribution is 2.38. The number of phenols is 1. The first-order valence-corrected chi connectivity index (χ1v) is 6.28. The van der Waals surface area contributed by atoms with Crippen molar-refractivity contribution in [2.75, 3.05) is 7.11 Å². The maximum absolute atomic E-state index is 10.2. The summed E-state index contributed by atoms with van der Waals surface area (Å²) >= 11 is 0. The molecule has 1 N–H and O–H groups in total. The second kappa shape index (κ2) is 5.65. The smallest absolute Gasteiger partial charge is 0.132 e. The summed E-state index contributed by atoms with van der Waals surface area (Å²) in [6.45, 7) is 9.59. The number of benzene rings is 1. The summed E-state index contributed by atoms with van der Waals surface area (Å²) in [5, 5.41) is 14.1. The molecule has 0 fully saturated rings. The zero-order valence-corrected chi connectivity index (χ0v) is 11.6. The highest BCUT2D eigenvalue weighted by atomic mass is 16.5. The van der Waals surface area contributed by atoms with Gasteiger partial charge in [-0.1, -0.05) is 31.3 Å². The highest BCUT2D eigenvalue weighted by molar-refractivity contribution is 5.84. The lowest BCUT2D eigenvalue weighted by Crippen LogP contribution is -1.93. The number of methoxy groups -OCH3 is 1. The largest absolute Gasteiger partial charge is 0.507 e. The average molecular weight is 271 g/mol. The predicted molar refractivity (Wildman–Crippen MR) is 78.8 cm³/mol. The lowest BCUT2D eigenvalue weighted by atomic mass is 9.99. The minimum atomic E-state index is 0.0889. The van der Waals surface area contributed by atoms with Gasteiger partial charge in [0.2, 0.25) is 0 Å². The molecule has 1 aromatic carbocycles. The van der Waals surface area contributed by atoms with Crippen molar-refractivity contribution in [2.24, 2.45) is 0 Å². The summed E-state index contributed by atoms with van der Waals surface area (Å²) < 4.78 is 10.3. The first-order chi connectivity index (χ1) is 9.62. The molecule has 0 bridgehead atoms. The van der Waals surface area contributed by atoms with Gasteiger partial charge in [-0.15, -0.1) is 0 Å². The van der Waals surface area contributed by atoms with Crippen LogP contribution in [0.2, 0.25) is 0 Å². The molecule has 20 heavy (non-hydrogen) atoms. The topological polar surface area (TPSA) is 55.5 Å². The van der Waals surface area contributed by atoms with Crippen LogP contribution in [0.15, 0.2) is 42.2 Å². The Labute approximate surface area is 118 Å². The Morgan fingerprint density at radius 3 is 2.85 bits per heavy atom.